The first-order chi connectivity index (χ1) is 34.9. The Morgan fingerprint density at radius 2 is 0.687 bits per heavy atom. The first kappa shape index (κ1) is 35.6. The van der Waals surface area contributed by atoms with Crippen LogP contribution in [0.4, 0.5) is 17.1 Å². The quantitative estimate of drug-likeness (QED) is 0.131. The van der Waals surface area contributed by atoms with Crippen LogP contribution in [0.1, 0.15) is 5.48 Å². The maximum atomic E-state index is 9.82. The minimum atomic E-state index is -0.135. The lowest BCUT2D eigenvalue weighted by molar-refractivity contribution is 1.28. The number of rotatable bonds is 9. The molecule has 0 bridgehead atoms. The first-order valence-electron chi connectivity index (χ1n) is 24.7. The molecule has 0 aliphatic heterocycles. The molecule has 0 aliphatic carbocycles. The number of fused-ring (bicyclic) bond motifs is 4. The SMILES string of the molecule is [2H]c1c([2H])c(N(c2ccc(-c3ccc4c(ccc5ccccc54)c3)cc2)c2ccc(-c3c(-c4ccccc4)ccc4ccccc34)cc2)c([2H])c([2H])c1-c1ccc(-c2ccccc2)c(-c2ccccc2)c1. The third-order valence-corrected chi connectivity index (χ3v) is 12.9. The zero-order valence-corrected chi connectivity index (χ0v) is 36.6. The van der Waals surface area contributed by atoms with Gasteiger partial charge in [0, 0.05) is 17.1 Å². The van der Waals surface area contributed by atoms with E-state index in [2.05, 4.69) is 164 Å². The molecule has 0 unspecified atom stereocenters. The van der Waals surface area contributed by atoms with Crippen molar-refractivity contribution in [2.45, 2.75) is 0 Å². The topological polar surface area (TPSA) is 3.24 Å². The van der Waals surface area contributed by atoms with Gasteiger partial charge in [-0.1, -0.05) is 224 Å². The zero-order chi connectivity index (χ0) is 48.0. The summed E-state index contributed by atoms with van der Waals surface area (Å²) in [6, 6.07) is 84.8. The molecule has 67 heavy (non-hydrogen) atoms. The van der Waals surface area contributed by atoms with E-state index in [0.717, 1.165) is 71.8 Å². The zero-order valence-electron chi connectivity index (χ0n) is 40.6. The van der Waals surface area contributed by atoms with Crippen molar-refractivity contribution in [3.05, 3.63) is 273 Å². The predicted molar refractivity (Wildman–Crippen MR) is 286 cm³/mol. The molecule has 12 rings (SSSR count). The average molecular weight is 856 g/mol. The molecule has 0 spiro atoms. The molecule has 0 heterocycles. The molecule has 0 atom stereocenters. The van der Waals surface area contributed by atoms with Gasteiger partial charge in [0.15, 0.2) is 0 Å². The van der Waals surface area contributed by atoms with Crippen LogP contribution < -0.4 is 4.90 Å². The molecule has 0 amide bonds. The summed E-state index contributed by atoms with van der Waals surface area (Å²) in [6.07, 6.45) is 0. The van der Waals surface area contributed by atoms with Crippen molar-refractivity contribution < 1.29 is 5.48 Å². The van der Waals surface area contributed by atoms with Gasteiger partial charge in [0.25, 0.3) is 0 Å². The lowest BCUT2D eigenvalue weighted by Gasteiger charge is -2.26. The van der Waals surface area contributed by atoms with E-state index < -0.39 is 0 Å². The molecule has 12 aromatic rings. The molecular formula is C66H45N. The van der Waals surface area contributed by atoms with Gasteiger partial charge >= 0.3 is 0 Å². The Morgan fingerprint density at radius 3 is 1.34 bits per heavy atom. The second-order valence-corrected chi connectivity index (χ2v) is 16.9. The van der Waals surface area contributed by atoms with Crippen molar-refractivity contribution in [2.75, 3.05) is 4.90 Å². The summed E-state index contributed by atoms with van der Waals surface area (Å²) in [5.41, 5.74) is 12.9. The van der Waals surface area contributed by atoms with Crippen molar-refractivity contribution in [1.82, 2.24) is 0 Å². The fourth-order valence-electron chi connectivity index (χ4n) is 9.61. The van der Waals surface area contributed by atoms with Crippen molar-refractivity contribution in [3.63, 3.8) is 0 Å². The molecule has 1 heteroatoms. The molecule has 0 fully saturated rings. The van der Waals surface area contributed by atoms with Crippen LogP contribution in [0.5, 0.6) is 0 Å². The Balaban J connectivity index is 1.00. The van der Waals surface area contributed by atoms with Gasteiger partial charge in [-0.25, -0.2) is 0 Å². The van der Waals surface area contributed by atoms with Gasteiger partial charge in [-0.3, -0.25) is 0 Å². The van der Waals surface area contributed by atoms with Gasteiger partial charge in [-0.15, -0.1) is 0 Å². The molecule has 314 valence electrons. The highest BCUT2D eigenvalue weighted by atomic mass is 15.1. The van der Waals surface area contributed by atoms with Gasteiger partial charge in [0.2, 0.25) is 0 Å². The van der Waals surface area contributed by atoms with Gasteiger partial charge in [0.05, 0.1) is 5.48 Å². The van der Waals surface area contributed by atoms with E-state index in [9.17, 15) is 5.48 Å². The molecule has 0 saturated heterocycles. The number of benzene rings is 12. The third-order valence-electron chi connectivity index (χ3n) is 12.9. The number of nitrogens with zero attached hydrogens (tertiary/aromatic N) is 1. The van der Waals surface area contributed by atoms with Gasteiger partial charge in [0.1, 0.15) is 0 Å². The van der Waals surface area contributed by atoms with Crippen LogP contribution in [0, 0.1) is 0 Å². The van der Waals surface area contributed by atoms with Crippen molar-refractivity contribution in [2.24, 2.45) is 0 Å². The van der Waals surface area contributed by atoms with Crippen molar-refractivity contribution in [1.29, 1.82) is 0 Å². The molecular weight excluding hydrogens is 807 g/mol. The van der Waals surface area contributed by atoms with E-state index in [4.69, 9.17) is 0 Å². The number of hydrogen-bond donors (Lipinski definition) is 0. The Morgan fingerprint density at radius 1 is 0.239 bits per heavy atom. The normalized spacial score (nSPS) is 12.1. The van der Waals surface area contributed by atoms with Crippen molar-refractivity contribution >= 4 is 49.4 Å². The highest BCUT2D eigenvalue weighted by molar-refractivity contribution is 6.08. The summed E-state index contributed by atoms with van der Waals surface area (Å²) in [5, 5.41) is 7.06. The van der Waals surface area contributed by atoms with E-state index in [0.29, 0.717) is 16.9 Å². The van der Waals surface area contributed by atoms with E-state index in [1.165, 1.54) is 16.2 Å². The molecule has 0 saturated carbocycles. The predicted octanol–water partition coefficient (Wildman–Crippen LogP) is 18.6. The Kier molecular flexibility index (Phi) is 9.19. The number of hydrogen-bond acceptors (Lipinski definition) is 1. The van der Waals surface area contributed by atoms with Gasteiger partial charge < -0.3 is 4.90 Å². The van der Waals surface area contributed by atoms with Crippen LogP contribution in [-0.4, -0.2) is 0 Å². The molecule has 0 aromatic heterocycles. The average Bonchev–Trinajstić information content (AvgIpc) is 3.44. The minimum absolute atomic E-state index is 0.113. The monoisotopic (exact) mass is 855 g/mol. The van der Waals surface area contributed by atoms with Crippen LogP contribution in [0.3, 0.4) is 0 Å². The fourth-order valence-corrected chi connectivity index (χ4v) is 9.61. The minimum Gasteiger partial charge on any atom is -0.311 e. The maximum absolute atomic E-state index is 9.82. The van der Waals surface area contributed by atoms with Crippen LogP contribution in [0.15, 0.2) is 273 Å². The van der Waals surface area contributed by atoms with E-state index >= 15 is 0 Å². The second kappa shape index (κ2) is 17.3. The highest BCUT2D eigenvalue weighted by Gasteiger charge is 2.17. The summed E-state index contributed by atoms with van der Waals surface area (Å²) in [4.78, 5) is 1.87. The van der Waals surface area contributed by atoms with E-state index in [-0.39, 0.29) is 35.4 Å². The standard InChI is InChI=1S/C66H45N/c1-4-14-48(15-5-1)61-41-34-55(45-65(61)50-18-8-3-9-19-50)47-28-37-58(38-29-47)67(57-35-26-46(27-36-57)54-33-42-62-56(44-54)25-24-51-20-10-12-22-60(51)62)59-39-30-53(31-40-59)66-63-23-13-11-21-52(63)32-43-64(66)49-16-6-2-7-17-49/h1-45H/i28D,29D,37D,38D. The smallest absolute Gasteiger partial charge is 0.0645 e. The fraction of sp³-hybridized carbons (Fsp3) is 0. The maximum Gasteiger partial charge on any atom is 0.0645 e. The molecule has 0 N–H and O–H groups in total. The van der Waals surface area contributed by atoms with Crippen LogP contribution in [0.2, 0.25) is 0 Å². The highest BCUT2D eigenvalue weighted by Crippen LogP contribution is 2.43. The molecule has 12 aromatic carbocycles. The lowest BCUT2D eigenvalue weighted by Crippen LogP contribution is -2.09. The first-order valence-corrected chi connectivity index (χ1v) is 22.7. The molecule has 0 radical (unpaired) electrons. The summed E-state index contributed by atoms with van der Waals surface area (Å²) in [6.45, 7) is 0. The van der Waals surface area contributed by atoms with E-state index in [1.54, 1.807) is 0 Å². The van der Waals surface area contributed by atoms with Crippen LogP contribution in [-0.2, 0) is 0 Å². The van der Waals surface area contributed by atoms with E-state index in [1.807, 2.05) is 89.8 Å². The van der Waals surface area contributed by atoms with Gasteiger partial charge in [-0.05, 0) is 148 Å². The lowest BCUT2D eigenvalue weighted by atomic mass is 9.89. The number of anilines is 3. The summed E-state index contributed by atoms with van der Waals surface area (Å²) < 4.78 is 39.0. The Bertz CT molecular complexity index is 3920. The Hall–Kier alpha value is -8.78. The molecule has 0 aliphatic rings. The Labute approximate surface area is 397 Å². The van der Waals surface area contributed by atoms with Gasteiger partial charge in [-0.2, -0.15) is 0 Å². The summed E-state index contributed by atoms with van der Waals surface area (Å²) in [7, 11) is 0. The molecule has 1 nitrogen and oxygen atoms in total. The largest absolute Gasteiger partial charge is 0.311 e. The van der Waals surface area contributed by atoms with Crippen molar-refractivity contribution in [3.8, 4) is 66.8 Å². The second-order valence-electron chi connectivity index (χ2n) is 16.9. The summed E-state index contributed by atoms with van der Waals surface area (Å²) in [5.74, 6) is 0. The van der Waals surface area contributed by atoms with Crippen LogP contribution >= 0.6 is 0 Å². The van der Waals surface area contributed by atoms with Crippen LogP contribution in [0.25, 0.3) is 99.1 Å². The summed E-state index contributed by atoms with van der Waals surface area (Å²) >= 11 is 0. The third kappa shape index (κ3) is 7.63.